The number of carbonyl (C=O) groups is 1. The molecule has 0 bridgehead atoms. The van der Waals surface area contributed by atoms with Gasteiger partial charge in [0.2, 0.25) is 0 Å². The van der Waals surface area contributed by atoms with Crippen molar-refractivity contribution >= 4 is 6.47 Å². The highest BCUT2D eigenvalue weighted by atomic mass is 16.5. The summed E-state index contributed by atoms with van der Waals surface area (Å²) in [4.78, 5) is 10.6. The Labute approximate surface area is 117 Å². The SMILES string of the molecule is CCCCCc1cccc(OC=O)c1CCCCC. The van der Waals surface area contributed by atoms with Crippen molar-refractivity contribution in [2.75, 3.05) is 0 Å². The summed E-state index contributed by atoms with van der Waals surface area (Å²) in [6, 6.07) is 6.07. The van der Waals surface area contributed by atoms with E-state index in [4.69, 9.17) is 4.74 Å². The molecule has 106 valence electrons. The molecule has 1 aromatic carbocycles. The zero-order valence-electron chi connectivity index (χ0n) is 12.3. The molecule has 0 saturated heterocycles. The molecule has 0 aliphatic heterocycles. The van der Waals surface area contributed by atoms with Crippen LogP contribution in [-0.2, 0) is 17.6 Å². The van der Waals surface area contributed by atoms with Crippen LogP contribution in [0.4, 0.5) is 0 Å². The van der Waals surface area contributed by atoms with Crippen LogP contribution >= 0.6 is 0 Å². The van der Waals surface area contributed by atoms with Crippen molar-refractivity contribution in [3.8, 4) is 5.75 Å². The van der Waals surface area contributed by atoms with Crippen molar-refractivity contribution < 1.29 is 9.53 Å². The van der Waals surface area contributed by atoms with E-state index in [2.05, 4.69) is 19.9 Å². The van der Waals surface area contributed by atoms with Crippen molar-refractivity contribution in [2.45, 2.75) is 65.2 Å². The number of hydrogen-bond acceptors (Lipinski definition) is 2. The van der Waals surface area contributed by atoms with E-state index >= 15 is 0 Å². The fourth-order valence-electron chi connectivity index (χ4n) is 2.41. The normalized spacial score (nSPS) is 10.4. The lowest BCUT2D eigenvalue weighted by Gasteiger charge is -2.13. The zero-order valence-corrected chi connectivity index (χ0v) is 12.3. The highest BCUT2D eigenvalue weighted by molar-refractivity contribution is 5.50. The van der Waals surface area contributed by atoms with E-state index in [1.165, 1.54) is 43.2 Å². The lowest BCUT2D eigenvalue weighted by molar-refractivity contribution is -0.120. The van der Waals surface area contributed by atoms with Gasteiger partial charge in [-0.2, -0.15) is 0 Å². The van der Waals surface area contributed by atoms with Crippen LogP contribution in [0, 0.1) is 0 Å². The molecule has 0 aliphatic rings. The molecule has 0 N–H and O–H groups in total. The predicted octanol–water partition coefficient (Wildman–Crippen LogP) is 4.69. The van der Waals surface area contributed by atoms with Crippen LogP contribution < -0.4 is 4.74 Å². The maximum Gasteiger partial charge on any atom is 0.298 e. The Balaban J connectivity index is 2.79. The molecule has 0 spiro atoms. The number of carbonyl (C=O) groups excluding carboxylic acids is 1. The summed E-state index contributed by atoms with van der Waals surface area (Å²) in [5, 5.41) is 0. The second kappa shape index (κ2) is 9.60. The average Bonchev–Trinajstić information content (AvgIpc) is 2.42. The topological polar surface area (TPSA) is 26.3 Å². The summed E-state index contributed by atoms with van der Waals surface area (Å²) >= 11 is 0. The molecule has 1 rings (SSSR count). The third-order valence-electron chi connectivity index (χ3n) is 3.49. The van der Waals surface area contributed by atoms with Crippen molar-refractivity contribution in [3.63, 3.8) is 0 Å². The Kier molecular flexibility index (Phi) is 7.95. The first kappa shape index (κ1) is 15.7. The summed E-state index contributed by atoms with van der Waals surface area (Å²) in [6.45, 7) is 4.96. The van der Waals surface area contributed by atoms with E-state index in [-0.39, 0.29) is 0 Å². The third-order valence-corrected chi connectivity index (χ3v) is 3.49. The maximum atomic E-state index is 10.6. The summed E-state index contributed by atoms with van der Waals surface area (Å²) in [5.74, 6) is 0.750. The third kappa shape index (κ3) is 5.46. The molecule has 0 saturated carbocycles. The van der Waals surface area contributed by atoms with Gasteiger partial charge < -0.3 is 4.74 Å². The van der Waals surface area contributed by atoms with E-state index in [1.807, 2.05) is 12.1 Å². The monoisotopic (exact) mass is 262 g/mol. The van der Waals surface area contributed by atoms with Crippen LogP contribution in [0.25, 0.3) is 0 Å². The fraction of sp³-hybridized carbons (Fsp3) is 0.588. The first-order valence-corrected chi connectivity index (χ1v) is 7.54. The molecule has 19 heavy (non-hydrogen) atoms. The maximum absolute atomic E-state index is 10.6. The number of aryl methyl sites for hydroxylation is 1. The van der Waals surface area contributed by atoms with Crippen LogP contribution in [0.5, 0.6) is 5.75 Å². The van der Waals surface area contributed by atoms with Crippen molar-refractivity contribution in [1.82, 2.24) is 0 Å². The van der Waals surface area contributed by atoms with Crippen LogP contribution in [0.1, 0.15) is 63.5 Å². The van der Waals surface area contributed by atoms with Gasteiger partial charge in [-0.05, 0) is 42.9 Å². The van der Waals surface area contributed by atoms with Gasteiger partial charge in [-0.15, -0.1) is 0 Å². The van der Waals surface area contributed by atoms with Crippen molar-refractivity contribution in [2.24, 2.45) is 0 Å². The Morgan fingerprint density at radius 3 is 2.32 bits per heavy atom. The van der Waals surface area contributed by atoms with Crippen molar-refractivity contribution in [1.29, 1.82) is 0 Å². The quantitative estimate of drug-likeness (QED) is 0.452. The van der Waals surface area contributed by atoms with Crippen molar-refractivity contribution in [3.05, 3.63) is 29.3 Å². The van der Waals surface area contributed by atoms with Gasteiger partial charge in [-0.3, -0.25) is 4.79 Å². The molecule has 0 amide bonds. The molecule has 2 nitrogen and oxygen atoms in total. The van der Waals surface area contributed by atoms with Gasteiger partial charge in [-0.1, -0.05) is 51.7 Å². The van der Waals surface area contributed by atoms with Gasteiger partial charge >= 0.3 is 0 Å². The molecule has 0 fully saturated rings. The predicted molar refractivity (Wildman–Crippen MR) is 79.6 cm³/mol. The Bertz CT molecular complexity index is 372. The number of benzene rings is 1. The van der Waals surface area contributed by atoms with Gasteiger partial charge in [0.15, 0.2) is 0 Å². The van der Waals surface area contributed by atoms with Gasteiger partial charge in [0.05, 0.1) is 0 Å². The lowest BCUT2D eigenvalue weighted by atomic mass is 9.96. The molecular formula is C17H26O2. The number of rotatable bonds is 10. The molecule has 1 aromatic rings. The summed E-state index contributed by atoms with van der Waals surface area (Å²) in [5.41, 5.74) is 2.59. The fourth-order valence-corrected chi connectivity index (χ4v) is 2.41. The molecule has 0 aromatic heterocycles. The van der Waals surface area contributed by atoms with E-state index in [0.29, 0.717) is 6.47 Å². The largest absolute Gasteiger partial charge is 0.428 e. The van der Waals surface area contributed by atoms with Crippen LogP contribution in [0.2, 0.25) is 0 Å². The van der Waals surface area contributed by atoms with Crippen LogP contribution in [0.15, 0.2) is 18.2 Å². The number of hydrogen-bond donors (Lipinski definition) is 0. The van der Waals surface area contributed by atoms with E-state index in [9.17, 15) is 4.79 Å². The summed E-state index contributed by atoms with van der Waals surface area (Å²) in [7, 11) is 0. The zero-order chi connectivity index (χ0) is 13.9. The van der Waals surface area contributed by atoms with E-state index in [1.54, 1.807) is 0 Å². The van der Waals surface area contributed by atoms with Crippen LogP contribution in [-0.4, -0.2) is 6.47 Å². The first-order valence-electron chi connectivity index (χ1n) is 7.54. The number of unbranched alkanes of at least 4 members (excludes halogenated alkanes) is 4. The number of ether oxygens (including phenoxy) is 1. The minimum Gasteiger partial charge on any atom is -0.428 e. The minimum absolute atomic E-state index is 0.536. The van der Waals surface area contributed by atoms with Gasteiger partial charge in [0, 0.05) is 0 Å². The molecule has 0 atom stereocenters. The molecule has 0 aliphatic carbocycles. The van der Waals surface area contributed by atoms with Gasteiger partial charge in [0.25, 0.3) is 6.47 Å². The second-order valence-corrected chi connectivity index (χ2v) is 5.02. The average molecular weight is 262 g/mol. The standard InChI is InChI=1S/C17H26O2/c1-3-5-7-10-15-11-9-13-17(19-14-18)16(15)12-8-6-4-2/h9,11,13-14H,3-8,10,12H2,1-2H3. The summed E-state index contributed by atoms with van der Waals surface area (Å²) < 4.78 is 5.13. The Morgan fingerprint density at radius 1 is 1.00 bits per heavy atom. The van der Waals surface area contributed by atoms with E-state index in [0.717, 1.165) is 25.0 Å². The molecule has 0 radical (unpaired) electrons. The minimum atomic E-state index is 0.536. The molecule has 2 heteroatoms. The molecule has 0 heterocycles. The highest BCUT2D eigenvalue weighted by Gasteiger charge is 2.09. The highest BCUT2D eigenvalue weighted by Crippen LogP contribution is 2.26. The lowest BCUT2D eigenvalue weighted by Crippen LogP contribution is -2.01. The Morgan fingerprint density at radius 2 is 1.68 bits per heavy atom. The van der Waals surface area contributed by atoms with Gasteiger partial charge in [-0.25, -0.2) is 0 Å². The van der Waals surface area contributed by atoms with E-state index < -0.39 is 0 Å². The van der Waals surface area contributed by atoms with Gasteiger partial charge in [0.1, 0.15) is 5.75 Å². The smallest absolute Gasteiger partial charge is 0.298 e. The first-order chi connectivity index (χ1) is 9.33. The van der Waals surface area contributed by atoms with Crippen LogP contribution in [0.3, 0.4) is 0 Å². The molecular weight excluding hydrogens is 236 g/mol. The summed E-state index contributed by atoms with van der Waals surface area (Å²) in [6.07, 6.45) is 9.40. The molecule has 0 unspecified atom stereocenters. The second-order valence-electron chi connectivity index (χ2n) is 5.02. The Hall–Kier alpha value is -1.31.